The molecule has 68 heavy (non-hydrogen) atoms. The van der Waals surface area contributed by atoms with Crippen molar-refractivity contribution in [2.24, 2.45) is 0 Å². The van der Waals surface area contributed by atoms with Crippen LogP contribution < -0.4 is 19.5 Å². The van der Waals surface area contributed by atoms with Gasteiger partial charge in [0.25, 0.3) is 11.9 Å². The third-order valence-electron chi connectivity index (χ3n) is 12.4. The molecule has 0 unspecified atom stereocenters. The van der Waals surface area contributed by atoms with Gasteiger partial charge in [-0.25, -0.2) is 35.9 Å². The van der Waals surface area contributed by atoms with Crippen molar-refractivity contribution >= 4 is 54.2 Å². The highest BCUT2D eigenvalue weighted by atomic mass is 32.2. The Labute approximate surface area is 395 Å². The number of pyridine rings is 2. The van der Waals surface area contributed by atoms with Crippen molar-refractivity contribution in [3.63, 3.8) is 0 Å². The van der Waals surface area contributed by atoms with Gasteiger partial charge in [-0.2, -0.15) is 9.97 Å². The molecule has 2 aliphatic rings. The molecule has 0 saturated carbocycles. The van der Waals surface area contributed by atoms with Gasteiger partial charge in [0.1, 0.15) is 24.7 Å². The first-order chi connectivity index (χ1) is 32.9. The van der Waals surface area contributed by atoms with Crippen LogP contribution in [0.25, 0.3) is 33.5 Å². The zero-order valence-corrected chi connectivity index (χ0v) is 39.6. The highest BCUT2D eigenvalue weighted by Crippen LogP contribution is 2.38. The predicted molar refractivity (Wildman–Crippen MR) is 263 cm³/mol. The maximum Gasteiger partial charge on any atom is 0.269 e. The van der Waals surface area contributed by atoms with E-state index >= 15 is 0 Å². The Morgan fingerprint density at radius 2 is 0.971 bits per heavy atom. The summed E-state index contributed by atoms with van der Waals surface area (Å²) in [4.78, 5) is 15.6. The summed E-state index contributed by atoms with van der Waals surface area (Å²) in [5.74, 6) is 1.97. The summed E-state index contributed by atoms with van der Waals surface area (Å²) >= 11 is 0. The maximum absolute atomic E-state index is 12.7. The normalized spacial score (nSPS) is 14.8. The highest BCUT2D eigenvalue weighted by molar-refractivity contribution is 7.91. The molecule has 0 atom stereocenters. The number of aromatic nitrogens is 6. The van der Waals surface area contributed by atoms with Gasteiger partial charge in [0, 0.05) is 49.1 Å². The predicted octanol–water partition coefficient (Wildman–Crippen LogP) is 7.75. The van der Waals surface area contributed by atoms with E-state index in [1.54, 1.807) is 57.7 Å². The topological polar surface area (TPSA) is 160 Å². The molecule has 0 N–H and O–H groups in total. The van der Waals surface area contributed by atoms with Crippen LogP contribution in [0.2, 0.25) is 0 Å². The van der Waals surface area contributed by atoms with E-state index in [1.807, 2.05) is 95.1 Å². The number of rotatable bonds is 17. The van der Waals surface area contributed by atoms with Crippen molar-refractivity contribution in [3.8, 4) is 33.8 Å². The number of hydrazine groups is 1. The number of hydrogen-bond donors (Lipinski definition) is 0. The fourth-order valence-electron chi connectivity index (χ4n) is 8.80. The Kier molecular flexibility index (Phi) is 12.6. The molecule has 0 aliphatic carbocycles. The number of sulfone groups is 2. The molecule has 2 aliphatic heterocycles. The van der Waals surface area contributed by atoms with Gasteiger partial charge in [-0.15, -0.1) is 10.2 Å². The van der Waals surface area contributed by atoms with E-state index in [4.69, 9.17) is 29.6 Å². The smallest absolute Gasteiger partial charge is 0.269 e. The van der Waals surface area contributed by atoms with Crippen molar-refractivity contribution in [3.05, 3.63) is 134 Å². The molecule has 0 amide bonds. The van der Waals surface area contributed by atoms with Gasteiger partial charge in [0.05, 0.1) is 21.2 Å². The van der Waals surface area contributed by atoms with E-state index in [9.17, 15) is 16.8 Å². The van der Waals surface area contributed by atoms with Crippen molar-refractivity contribution in [2.75, 3.05) is 75.0 Å². The van der Waals surface area contributed by atoms with Gasteiger partial charge < -0.3 is 9.47 Å². The molecule has 4 aromatic heterocycles. The summed E-state index contributed by atoms with van der Waals surface area (Å²) < 4.78 is 65.9. The summed E-state index contributed by atoms with van der Waals surface area (Å²) in [6, 6.07) is 36.5. The summed E-state index contributed by atoms with van der Waals surface area (Å²) in [6.45, 7) is 7.17. The Morgan fingerprint density at radius 3 is 1.43 bits per heavy atom. The van der Waals surface area contributed by atoms with Crippen LogP contribution in [0, 0.1) is 0 Å². The fraction of sp³-hybridized carbons (Fsp3) is 0.280. The van der Waals surface area contributed by atoms with Crippen molar-refractivity contribution in [2.45, 2.75) is 35.5 Å². The number of ether oxygens (including phenoxy) is 2. The first-order valence-electron chi connectivity index (χ1n) is 22.8. The Balaban J connectivity index is 1.10. The first-order valence-corrected chi connectivity index (χ1v) is 26.6. The lowest BCUT2D eigenvalue weighted by Crippen LogP contribution is -2.37. The number of hydrogen-bond acceptors (Lipinski definition) is 14. The molecular formula is C50H52N10O6S2. The lowest BCUT2D eigenvalue weighted by molar-refractivity contribution is 0.237. The molecule has 350 valence electrons. The minimum Gasteiger partial charge on any atom is -0.492 e. The molecule has 2 fully saturated rings. The molecule has 18 heteroatoms. The molecule has 0 radical (unpaired) electrons. The van der Waals surface area contributed by atoms with Gasteiger partial charge in [-0.05, 0) is 160 Å². The molecule has 16 nitrogen and oxygen atoms in total. The van der Waals surface area contributed by atoms with Crippen molar-refractivity contribution in [1.82, 2.24) is 39.0 Å². The minimum absolute atomic E-state index is 0.194. The average molecular weight is 953 g/mol. The van der Waals surface area contributed by atoms with E-state index in [0.29, 0.717) is 58.5 Å². The third kappa shape index (κ3) is 9.76. The van der Waals surface area contributed by atoms with Crippen LogP contribution in [0.4, 0.5) is 23.3 Å². The van der Waals surface area contributed by atoms with E-state index in [0.717, 1.165) is 50.4 Å². The quantitative estimate of drug-likeness (QED) is 0.0815. The standard InChI is InChI=1S/C50H52N10O6S2/c1-67(61,62)43-24-14-37(15-25-43)45-12-8-30-57-47(45)51-49(53-57)59(39-16-20-41(21-17-39)65-34-32-55-26-3-4-27-55)60(40-18-22-42(23-19-40)66-35-33-56-28-5-6-29-56)50-52-48-46(13-9-31-58(48)54-50)38-10-7-11-44(36-38)68(2,63)64/h7-25,30-31,36H,3-6,26-29,32-35H2,1-2H3. The Bertz CT molecular complexity index is 3280. The molecule has 8 aromatic rings. The lowest BCUT2D eigenvalue weighted by atomic mass is 10.1. The molecule has 0 bridgehead atoms. The highest BCUT2D eigenvalue weighted by Gasteiger charge is 2.30. The second-order valence-corrected chi connectivity index (χ2v) is 21.2. The van der Waals surface area contributed by atoms with Crippen LogP contribution in [-0.2, 0) is 19.7 Å². The summed E-state index contributed by atoms with van der Waals surface area (Å²) in [5, 5.41) is 13.8. The van der Waals surface area contributed by atoms with Gasteiger partial charge in [-0.3, -0.25) is 9.80 Å². The molecule has 2 saturated heterocycles. The van der Waals surface area contributed by atoms with E-state index < -0.39 is 19.7 Å². The zero-order valence-electron chi connectivity index (χ0n) is 37.9. The van der Waals surface area contributed by atoms with Gasteiger partial charge >= 0.3 is 0 Å². The van der Waals surface area contributed by atoms with E-state index in [1.165, 1.54) is 38.2 Å². The first kappa shape index (κ1) is 44.9. The van der Waals surface area contributed by atoms with Crippen molar-refractivity contribution < 1.29 is 26.3 Å². The van der Waals surface area contributed by atoms with Gasteiger partial charge in [0.2, 0.25) is 0 Å². The SMILES string of the molecule is CS(=O)(=O)c1ccc(-c2cccn3nc(N(c4ccc(OCCN5CCCC5)cc4)N(c4ccc(OCCN5CCCC5)cc4)c4nc5c(-c6cccc(S(C)(=O)=O)c6)cccn5n4)nc23)cc1. The summed E-state index contributed by atoms with van der Waals surface area (Å²) in [5.41, 5.74) is 5.18. The fourth-order valence-corrected chi connectivity index (χ4v) is 10.1. The third-order valence-corrected chi connectivity index (χ3v) is 14.6. The zero-order chi connectivity index (χ0) is 46.8. The molecule has 10 rings (SSSR count). The van der Waals surface area contributed by atoms with Crippen molar-refractivity contribution in [1.29, 1.82) is 0 Å². The Hall–Kier alpha value is -6.86. The van der Waals surface area contributed by atoms with Crippen LogP contribution in [0.3, 0.4) is 0 Å². The number of anilines is 4. The molecule has 0 spiro atoms. The molecular weight excluding hydrogens is 901 g/mol. The second kappa shape index (κ2) is 19.0. The number of nitrogens with zero attached hydrogens (tertiary/aromatic N) is 10. The minimum atomic E-state index is -3.49. The van der Waals surface area contributed by atoms with E-state index in [2.05, 4.69) is 9.80 Å². The lowest BCUT2D eigenvalue weighted by Gasteiger charge is -2.33. The van der Waals surface area contributed by atoms with Crippen LogP contribution in [0.1, 0.15) is 25.7 Å². The second-order valence-electron chi connectivity index (χ2n) is 17.2. The number of fused-ring (bicyclic) bond motifs is 2. The number of likely N-dealkylation sites (tertiary alicyclic amines) is 2. The van der Waals surface area contributed by atoms with Crippen LogP contribution in [-0.4, -0.2) is 121 Å². The van der Waals surface area contributed by atoms with Crippen LogP contribution in [0.5, 0.6) is 11.5 Å². The molecule has 6 heterocycles. The Morgan fingerprint density at radius 1 is 0.515 bits per heavy atom. The summed E-state index contributed by atoms with van der Waals surface area (Å²) in [7, 11) is -6.90. The maximum atomic E-state index is 12.7. The van der Waals surface area contributed by atoms with E-state index in [-0.39, 0.29) is 21.7 Å². The molecule has 4 aromatic carbocycles. The monoisotopic (exact) mass is 952 g/mol. The van der Waals surface area contributed by atoms with Crippen LogP contribution in [0.15, 0.2) is 144 Å². The van der Waals surface area contributed by atoms with Gasteiger partial charge in [-0.1, -0.05) is 24.3 Å². The van der Waals surface area contributed by atoms with Gasteiger partial charge in [0.15, 0.2) is 31.0 Å². The number of benzene rings is 4. The largest absolute Gasteiger partial charge is 0.492 e. The average Bonchev–Trinajstić information content (AvgIpc) is 4.19. The summed E-state index contributed by atoms with van der Waals surface area (Å²) in [6.07, 6.45) is 10.8. The van der Waals surface area contributed by atoms with Crippen LogP contribution >= 0.6 is 0 Å².